The number of urea groups is 1. The molecule has 0 radical (unpaired) electrons. The smallest absolute Gasteiger partial charge is 0.407 e. The highest BCUT2D eigenvalue weighted by Crippen LogP contribution is 2.44. The number of carbonyl (C=O) groups excluding carboxylic acids is 2. The summed E-state index contributed by atoms with van der Waals surface area (Å²) in [4.78, 5) is 36.6. The van der Waals surface area contributed by atoms with Crippen molar-refractivity contribution < 1.29 is 24.2 Å². The molecule has 0 saturated heterocycles. The molecule has 0 heterocycles. The molecule has 8 nitrogen and oxygen atoms in total. The van der Waals surface area contributed by atoms with E-state index in [9.17, 15) is 19.5 Å². The molecule has 0 bridgehead atoms. The number of benzene rings is 3. The Balaban J connectivity index is 1.14. The molecule has 2 aliphatic rings. The fourth-order valence-corrected chi connectivity index (χ4v) is 5.09. The van der Waals surface area contributed by atoms with Crippen LogP contribution >= 0.6 is 0 Å². The molecule has 2 aliphatic carbocycles. The van der Waals surface area contributed by atoms with Gasteiger partial charge >= 0.3 is 18.1 Å². The van der Waals surface area contributed by atoms with E-state index >= 15 is 0 Å². The Morgan fingerprint density at radius 1 is 0.889 bits per heavy atom. The minimum atomic E-state index is -1.33. The van der Waals surface area contributed by atoms with E-state index in [1.165, 1.54) is 5.56 Å². The van der Waals surface area contributed by atoms with Crippen LogP contribution in [0, 0.1) is 0 Å². The lowest BCUT2D eigenvalue weighted by Gasteiger charge is -2.19. The summed E-state index contributed by atoms with van der Waals surface area (Å²) in [6.07, 6.45) is 0.811. The van der Waals surface area contributed by atoms with Gasteiger partial charge in [0.25, 0.3) is 0 Å². The number of carboxylic acid groups (broad SMARTS) is 1. The van der Waals surface area contributed by atoms with Crippen molar-refractivity contribution in [2.75, 3.05) is 13.2 Å². The monoisotopic (exact) mass is 485 g/mol. The highest BCUT2D eigenvalue weighted by Gasteiger charge is 2.30. The van der Waals surface area contributed by atoms with Crippen molar-refractivity contribution in [3.05, 3.63) is 95.1 Å². The van der Waals surface area contributed by atoms with Crippen molar-refractivity contribution in [3.63, 3.8) is 0 Å². The first-order valence-electron chi connectivity index (χ1n) is 12.0. The van der Waals surface area contributed by atoms with Crippen LogP contribution in [0.5, 0.6) is 0 Å². The number of fused-ring (bicyclic) bond motifs is 4. The number of hydrogen-bond acceptors (Lipinski definition) is 4. The Morgan fingerprint density at radius 2 is 1.50 bits per heavy atom. The van der Waals surface area contributed by atoms with Crippen LogP contribution in [-0.4, -0.2) is 42.4 Å². The fourth-order valence-electron chi connectivity index (χ4n) is 5.09. The summed E-state index contributed by atoms with van der Waals surface area (Å²) < 4.78 is 5.43. The van der Waals surface area contributed by atoms with Gasteiger partial charge in [0, 0.05) is 5.92 Å². The maximum atomic E-state index is 12.5. The van der Waals surface area contributed by atoms with Crippen LogP contribution in [0.4, 0.5) is 9.59 Å². The van der Waals surface area contributed by atoms with Gasteiger partial charge in [-0.05, 0) is 46.2 Å². The molecular weight excluding hydrogens is 458 g/mol. The van der Waals surface area contributed by atoms with Gasteiger partial charge in [0.2, 0.25) is 0 Å². The largest absolute Gasteiger partial charge is 0.480 e. The van der Waals surface area contributed by atoms with Gasteiger partial charge in [0.05, 0.1) is 12.6 Å². The zero-order chi connectivity index (χ0) is 25.1. The molecule has 3 aromatic carbocycles. The van der Waals surface area contributed by atoms with Crippen LogP contribution in [-0.2, 0) is 16.0 Å². The maximum Gasteiger partial charge on any atom is 0.407 e. The molecule has 0 saturated carbocycles. The lowest BCUT2D eigenvalue weighted by atomic mass is 9.98. The van der Waals surface area contributed by atoms with E-state index in [0.29, 0.717) is 0 Å². The predicted molar refractivity (Wildman–Crippen MR) is 134 cm³/mol. The summed E-state index contributed by atoms with van der Waals surface area (Å²) in [6.45, 7) is -0.207. The first kappa shape index (κ1) is 23.4. The molecule has 5 rings (SSSR count). The van der Waals surface area contributed by atoms with Gasteiger partial charge in [-0.1, -0.05) is 72.8 Å². The summed E-state index contributed by atoms with van der Waals surface area (Å²) in [7, 11) is 0. The Bertz CT molecular complexity index is 1260. The predicted octanol–water partition coefficient (Wildman–Crippen LogP) is 3.97. The van der Waals surface area contributed by atoms with Gasteiger partial charge < -0.3 is 25.8 Å². The molecule has 0 fully saturated rings. The molecule has 2 atom stereocenters. The normalized spacial score (nSPS) is 16.3. The number of carboxylic acids is 1. The molecule has 0 spiro atoms. The van der Waals surface area contributed by atoms with Crippen LogP contribution in [0.15, 0.2) is 72.8 Å². The number of rotatable bonds is 7. The number of aryl methyl sites for hydroxylation is 1. The summed E-state index contributed by atoms with van der Waals surface area (Å²) >= 11 is 0. The van der Waals surface area contributed by atoms with E-state index in [4.69, 9.17) is 4.74 Å². The fraction of sp³-hybridized carbons (Fsp3) is 0.250. The average Bonchev–Trinajstić information content (AvgIpc) is 3.44. The standard InChI is InChI=1S/C28H27N3O5/c32-26(33)25(15-29-27(34)30-24-14-13-17-7-1-2-8-18(17)24)31-28(35)36-16-23-21-11-5-3-9-19(21)20-10-4-6-12-22(20)23/h1-12,23-25H,13-16H2,(H,31,35)(H,32,33)(H2,29,30,34)/t24-,25?/m1/s1. The summed E-state index contributed by atoms with van der Waals surface area (Å²) in [5, 5.41) is 17.3. The van der Waals surface area contributed by atoms with Gasteiger partial charge in [-0.3, -0.25) is 0 Å². The lowest BCUT2D eigenvalue weighted by Crippen LogP contribution is -2.50. The number of aliphatic carboxylic acids is 1. The van der Waals surface area contributed by atoms with E-state index < -0.39 is 24.1 Å². The summed E-state index contributed by atoms with van der Waals surface area (Å²) in [6, 6.07) is 21.9. The Labute approximate surface area is 208 Å². The van der Waals surface area contributed by atoms with Gasteiger partial charge in [-0.2, -0.15) is 0 Å². The van der Waals surface area contributed by atoms with Crippen molar-refractivity contribution in [3.8, 4) is 11.1 Å². The molecule has 184 valence electrons. The number of nitrogens with one attached hydrogen (secondary N) is 3. The van der Waals surface area contributed by atoms with E-state index in [2.05, 4.69) is 16.0 Å². The lowest BCUT2D eigenvalue weighted by molar-refractivity contribution is -0.139. The topological polar surface area (TPSA) is 117 Å². The molecule has 8 heteroatoms. The van der Waals surface area contributed by atoms with Crippen molar-refractivity contribution in [2.24, 2.45) is 0 Å². The van der Waals surface area contributed by atoms with Crippen molar-refractivity contribution >= 4 is 18.1 Å². The van der Waals surface area contributed by atoms with Gasteiger partial charge in [0.15, 0.2) is 0 Å². The zero-order valence-electron chi connectivity index (χ0n) is 19.6. The first-order valence-corrected chi connectivity index (χ1v) is 12.0. The molecule has 3 amide bonds. The SMILES string of the molecule is O=C(NCC(NC(=O)OCC1c2ccccc2-c2ccccc21)C(=O)O)N[C@@H]1CCc2ccccc21. The third-order valence-corrected chi connectivity index (χ3v) is 6.84. The van der Waals surface area contributed by atoms with Crippen LogP contribution in [0.3, 0.4) is 0 Å². The highest BCUT2D eigenvalue weighted by atomic mass is 16.5. The van der Waals surface area contributed by atoms with E-state index in [1.54, 1.807) is 0 Å². The second-order valence-corrected chi connectivity index (χ2v) is 9.01. The van der Waals surface area contributed by atoms with E-state index in [0.717, 1.165) is 40.7 Å². The summed E-state index contributed by atoms with van der Waals surface area (Å²) in [5.41, 5.74) is 6.60. The van der Waals surface area contributed by atoms with Crippen molar-refractivity contribution in [1.82, 2.24) is 16.0 Å². The molecule has 3 aromatic rings. The molecule has 0 aliphatic heterocycles. The molecular formula is C28H27N3O5. The second kappa shape index (κ2) is 10.1. The number of alkyl carbamates (subject to hydrolysis) is 1. The van der Waals surface area contributed by atoms with E-state index in [-0.39, 0.29) is 25.1 Å². The Kier molecular flexibility index (Phi) is 6.58. The number of amides is 3. The number of hydrogen-bond donors (Lipinski definition) is 4. The third kappa shape index (κ3) is 4.75. The summed E-state index contributed by atoms with van der Waals surface area (Å²) in [5.74, 6) is -1.40. The zero-order valence-corrected chi connectivity index (χ0v) is 19.6. The highest BCUT2D eigenvalue weighted by molar-refractivity contribution is 5.82. The second-order valence-electron chi connectivity index (χ2n) is 9.01. The van der Waals surface area contributed by atoms with Crippen LogP contribution in [0.2, 0.25) is 0 Å². The van der Waals surface area contributed by atoms with Gasteiger partial charge in [-0.15, -0.1) is 0 Å². The average molecular weight is 486 g/mol. The van der Waals surface area contributed by atoms with Crippen LogP contribution < -0.4 is 16.0 Å². The Morgan fingerprint density at radius 3 is 2.17 bits per heavy atom. The molecule has 4 N–H and O–H groups in total. The number of carbonyl (C=O) groups is 3. The molecule has 1 unspecified atom stereocenters. The first-order chi connectivity index (χ1) is 17.5. The molecule has 0 aromatic heterocycles. The van der Waals surface area contributed by atoms with Crippen molar-refractivity contribution in [2.45, 2.75) is 30.8 Å². The van der Waals surface area contributed by atoms with Crippen LogP contribution in [0.25, 0.3) is 11.1 Å². The third-order valence-electron chi connectivity index (χ3n) is 6.84. The molecule has 36 heavy (non-hydrogen) atoms. The minimum Gasteiger partial charge on any atom is -0.480 e. The van der Waals surface area contributed by atoms with Gasteiger partial charge in [-0.25, -0.2) is 14.4 Å². The van der Waals surface area contributed by atoms with Crippen molar-refractivity contribution in [1.29, 1.82) is 0 Å². The maximum absolute atomic E-state index is 12.5. The quantitative estimate of drug-likeness (QED) is 0.404. The van der Waals surface area contributed by atoms with Crippen LogP contribution in [0.1, 0.15) is 40.6 Å². The van der Waals surface area contributed by atoms with E-state index in [1.807, 2.05) is 72.8 Å². The minimum absolute atomic E-state index is 0.0706. The number of ether oxygens (including phenoxy) is 1. The van der Waals surface area contributed by atoms with Gasteiger partial charge in [0.1, 0.15) is 12.6 Å². The Hall–Kier alpha value is -4.33.